The van der Waals surface area contributed by atoms with E-state index in [0.29, 0.717) is 12.4 Å². The minimum Gasteiger partial charge on any atom is -0.481 e. The molecule has 118 valence electrons. The summed E-state index contributed by atoms with van der Waals surface area (Å²) in [6.45, 7) is 4.35. The van der Waals surface area contributed by atoms with Crippen LogP contribution in [0, 0.1) is 19.7 Å². The number of aliphatic carboxylic acids is 1. The molecule has 0 amide bonds. The van der Waals surface area contributed by atoms with Crippen molar-refractivity contribution in [3.8, 4) is 11.4 Å². The lowest BCUT2D eigenvalue weighted by Gasteiger charge is -2.09. The molecule has 1 aromatic heterocycles. The third-order valence-corrected chi connectivity index (χ3v) is 4.02. The van der Waals surface area contributed by atoms with Gasteiger partial charge in [-0.1, -0.05) is 0 Å². The van der Waals surface area contributed by atoms with Gasteiger partial charge in [-0.2, -0.15) is 0 Å². The van der Waals surface area contributed by atoms with Crippen LogP contribution in [0.1, 0.15) is 17.5 Å². The predicted octanol–water partition coefficient (Wildman–Crippen LogP) is 3.93. The molecule has 5 heteroatoms. The van der Waals surface area contributed by atoms with E-state index in [4.69, 9.17) is 5.11 Å². The van der Waals surface area contributed by atoms with Crippen LogP contribution in [0.3, 0.4) is 0 Å². The highest BCUT2D eigenvalue weighted by Crippen LogP contribution is 2.27. The van der Waals surface area contributed by atoms with Crippen molar-refractivity contribution in [3.05, 3.63) is 53.3 Å². The Morgan fingerprint density at radius 3 is 2.48 bits per heavy atom. The number of aromatic nitrogens is 2. The van der Waals surface area contributed by atoms with Crippen molar-refractivity contribution in [2.75, 3.05) is 0 Å². The molecule has 0 aliphatic heterocycles. The lowest BCUT2D eigenvalue weighted by Crippen LogP contribution is -2.06. The summed E-state index contributed by atoms with van der Waals surface area (Å²) in [5.41, 5.74) is 4.74. The number of hydrogen-bond acceptors (Lipinski definition) is 2. The van der Waals surface area contributed by atoms with Crippen LogP contribution in [0.4, 0.5) is 4.39 Å². The second-order valence-corrected chi connectivity index (χ2v) is 5.66. The molecule has 3 rings (SSSR count). The van der Waals surface area contributed by atoms with Gasteiger partial charge < -0.3 is 9.67 Å². The standard InChI is InChI=1S/C18H17FN2O2/c1-11-9-15-16(10-12(11)2)21(8-7-17(22)23)18(20-15)13-3-5-14(19)6-4-13/h3-6,9-10H,7-8H2,1-2H3,(H,22,23). The van der Waals surface area contributed by atoms with Crippen LogP contribution in [0.5, 0.6) is 0 Å². The van der Waals surface area contributed by atoms with E-state index in [0.717, 1.165) is 27.7 Å². The molecule has 1 N–H and O–H groups in total. The minimum absolute atomic E-state index is 0.00653. The fraction of sp³-hybridized carbons (Fsp3) is 0.222. The molecular formula is C18H17FN2O2. The highest BCUT2D eigenvalue weighted by atomic mass is 19.1. The summed E-state index contributed by atoms with van der Waals surface area (Å²) in [5.74, 6) is -0.513. The Hall–Kier alpha value is -2.69. The van der Waals surface area contributed by atoms with Crippen LogP contribution in [-0.4, -0.2) is 20.6 Å². The van der Waals surface area contributed by atoms with Gasteiger partial charge in [-0.05, 0) is 61.4 Å². The van der Waals surface area contributed by atoms with Crippen molar-refractivity contribution in [1.82, 2.24) is 9.55 Å². The number of carboxylic acid groups (broad SMARTS) is 1. The topological polar surface area (TPSA) is 55.1 Å². The zero-order chi connectivity index (χ0) is 16.6. The number of aryl methyl sites for hydroxylation is 3. The lowest BCUT2D eigenvalue weighted by atomic mass is 10.1. The molecule has 0 fully saturated rings. The zero-order valence-corrected chi connectivity index (χ0v) is 13.0. The number of imidazole rings is 1. The maximum Gasteiger partial charge on any atom is 0.305 e. The lowest BCUT2D eigenvalue weighted by molar-refractivity contribution is -0.137. The number of hydrogen-bond donors (Lipinski definition) is 1. The van der Waals surface area contributed by atoms with E-state index in [1.54, 1.807) is 12.1 Å². The van der Waals surface area contributed by atoms with Crippen LogP contribution in [0.15, 0.2) is 36.4 Å². The number of benzene rings is 2. The fourth-order valence-corrected chi connectivity index (χ4v) is 2.63. The summed E-state index contributed by atoms with van der Waals surface area (Å²) in [4.78, 5) is 15.6. The maximum atomic E-state index is 13.2. The summed E-state index contributed by atoms with van der Waals surface area (Å²) in [7, 11) is 0. The molecular weight excluding hydrogens is 295 g/mol. The Bertz CT molecular complexity index is 882. The van der Waals surface area contributed by atoms with Crippen LogP contribution in [-0.2, 0) is 11.3 Å². The number of carboxylic acids is 1. The summed E-state index contributed by atoms with van der Waals surface area (Å²) in [5, 5.41) is 9.00. The first-order valence-electron chi connectivity index (χ1n) is 7.41. The molecule has 0 radical (unpaired) electrons. The van der Waals surface area contributed by atoms with Gasteiger partial charge in [0.1, 0.15) is 11.6 Å². The maximum absolute atomic E-state index is 13.2. The molecule has 0 spiro atoms. The highest BCUT2D eigenvalue weighted by molar-refractivity contribution is 5.82. The van der Waals surface area contributed by atoms with Crippen molar-refractivity contribution in [1.29, 1.82) is 0 Å². The van der Waals surface area contributed by atoms with Crippen LogP contribution >= 0.6 is 0 Å². The second-order valence-electron chi connectivity index (χ2n) is 5.66. The van der Waals surface area contributed by atoms with Gasteiger partial charge >= 0.3 is 5.97 Å². The van der Waals surface area contributed by atoms with E-state index in [9.17, 15) is 9.18 Å². The normalized spacial score (nSPS) is 11.1. The zero-order valence-electron chi connectivity index (χ0n) is 13.0. The quantitative estimate of drug-likeness (QED) is 0.794. The smallest absolute Gasteiger partial charge is 0.305 e. The Labute approximate surface area is 133 Å². The van der Waals surface area contributed by atoms with Crippen molar-refractivity contribution < 1.29 is 14.3 Å². The third-order valence-electron chi connectivity index (χ3n) is 4.02. The second kappa shape index (κ2) is 5.83. The van der Waals surface area contributed by atoms with Crippen LogP contribution < -0.4 is 0 Å². The number of rotatable bonds is 4. The summed E-state index contributed by atoms with van der Waals surface area (Å²) < 4.78 is 15.1. The van der Waals surface area contributed by atoms with Gasteiger partial charge in [-0.15, -0.1) is 0 Å². The number of fused-ring (bicyclic) bond motifs is 1. The van der Waals surface area contributed by atoms with E-state index in [2.05, 4.69) is 4.98 Å². The molecule has 0 saturated carbocycles. The molecule has 0 atom stereocenters. The van der Waals surface area contributed by atoms with Gasteiger partial charge in [0.05, 0.1) is 17.5 Å². The third kappa shape index (κ3) is 2.95. The molecule has 0 aliphatic rings. The van der Waals surface area contributed by atoms with Crippen LogP contribution in [0.2, 0.25) is 0 Å². The minimum atomic E-state index is -0.860. The SMILES string of the molecule is Cc1cc2nc(-c3ccc(F)cc3)n(CCC(=O)O)c2cc1C. The molecule has 0 aliphatic carbocycles. The summed E-state index contributed by atoms with van der Waals surface area (Å²) >= 11 is 0. The molecule has 23 heavy (non-hydrogen) atoms. The molecule has 0 unspecified atom stereocenters. The predicted molar refractivity (Wildman–Crippen MR) is 86.9 cm³/mol. The van der Waals surface area contributed by atoms with Gasteiger partial charge in [0.2, 0.25) is 0 Å². The Morgan fingerprint density at radius 2 is 1.83 bits per heavy atom. The molecule has 2 aromatic carbocycles. The number of carbonyl (C=O) groups is 1. The molecule has 1 heterocycles. The highest BCUT2D eigenvalue weighted by Gasteiger charge is 2.14. The summed E-state index contributed by atoms with van der Waals surface area (Å²) in [6, 6.07) is 10.1. The van der Waals surface area contributed by atoms with E-state index < -0.39 is 5.97 Å². The van der Waals surface area contributed by atoms with Crippen molar-refractivity contribution >= 4 is 17.0 Å². The van der Waals surface area contributed by atoms with Gasteiger partial charge in [0, 0.05) is 12.1 Å². The van der Waals surface area contributed by atoms with Crippen molar-refractivity contribution in [2.45, 2.75) is 26.8 Å². The Balaban J connectivity index is 2.20. The van der Waals surface area contributed by atoms with Gasteiger partial charge in [-0.3, -0.25) is 4.79 Å². The largest absolute Gasteiger partial charge is 0.481 e. The van der Waals surface area contributed by atoms with E-state index in [-0.39, 0.29) is 12.2 Å². The summed E-state index contributed by atoms with van der Waals surface area (Å²) in [6.07, 6.45) is 0.00653. The van der Waals surface area contributed by atoms with E-state index >= 15 is 0 Å². The number of nitrogens with zero attached hydrogens (tertiary/aromatic N) is 2. The fourth-order valence-electron chi connectivity index (χ4n) is 2.63. The molecule has 4 nitrogen and oxygen atoms in total. The first kappa shape index (κ1) is 15.2. The number of halogens is 1. The average molecular weight is 312 g/mol. The van der Waals surface area contributed by atoms with Crippen LogP contribution in [0.25, 0.3) is 22.4 Å². The van der Waals surface area contributed by atoms with Gasteiger partial charge in [-0.25, -0.2) is 9.37 Å². The Morgan fingerprint density at radius 1 is 1.17 bits per heavy atom. The van der Waals surface area contributed by atoms with E-state index in [1.807, 2.05) is 30.5 Å². The molecule has 0 saturated heterocycles. The average Bonchev–Trinajstić information content (AvgIpc) is 2.84. The molecule has 3 aromatic rings. The first-order chi connectivity index (χ1) is 11.0. The van der Waals surface area contributed by atoms with Gasteiger partial charge in [0.15, 0.2) is 0 Å². The van der Waals surface area contributed by atoms with Crippen molar-refractivity contribution in [2.24, 2.45) is 0 Å². The molecule has 0 bridgehead atoms. The van der Waals surface area contributed by atoms with E-state index in [1.165, 1.54) is 12.1 Å². The van der Waals surface area contributed by atoms with Crippen molar-refractivity contribution in [3.63, 3.8) is 0 Å². The first-order valence-corrected chi connectivity index (χ1v) is 7.41. The Kier molecular flexibility index (Phi) is 3.86. The van der Waals surface area contributed by atoms with Gasteiger partial charge in [0.25, 0.3) is 0 Å². The monoisotopic (exact) mass is 312 g/mol.